The highest BCUT2D eigenvalue weighted by Gasteiger charge is 2.39. The van der Waals surface area contributed by atoms with Gasteiger partial charge in [-0.1, -0.05) is 6.92 Å². The zero-order valence-corrected chi connectivity index (χ0v) is 11.7. The second-order valence-corrected chi connectivity index (χ2v) is 5.64. The molecule has 0 unspecified atom stereocenters. The van der Waals surface area contributed by atoms with Gasteiger partial charge >= 0.3 is 0 Å². The molecule has 5 nitrogen and oxygen atoms in total. The summed E-state index contributed by atoms with van der Waals surface area (Å²) < 4.78 is 0. The highest BCUT2D eigenvalue weighted by Crippen LogP contribution is 2.38. The zero-order valence-electron chi connectivity index (χ0n) is 11.7. The standard InChI is InChI=1S/C13H25N3O2/c1-10-4-6-13(9-14,7-5-10)12(18)15-8-11(17)16(2)3/h10H,4-9,14H2,1-3H3,(H,15,18). The van der Waals surface area contributed by atoms with Crippen molar-refractivity contribution in [3.8, 4) is 0 Å². The molecule has 0 atom stereocenters. The molecule has 1 saturated carbocycles. The molecule has 3 N–H and O–H groups in total. The lowest BCUT2D eigenvalue weighted by Gasteiger charge is -2.37. The third-order valence-corrected chi connectivity index (χ3v) is 4.00. The van der Waals surface area contributed by atoms with Crippen LogP contribution < -0.4 is 11.1 Å². The Morgan fingerprint density at radius 2 is 1.89 bits per heavy atom. The van der Waals surface area contributed by atoms with Gasteiger partial charge in [0.1, 0.15) is 0 Å². The Labute approximate surface area is 109 Å². The summed E-state index contributed by atoms with van der Waals surface area (Å²) in [5.74, 6) is 0.507. The number of hydrogen-bond acceptors (Lipinski definition) is 3. The van der Waals surface area contributed by atoms with E-state index in [9.17, 15) is 9.59 Å². The van der Waals surface area contributed by atoms with Crippen LogP contribution in [0.2, 0.25) is 0 Å². The van der Waals surface area contributed by atoms with E-state index in [0.717, 1.165) is 25.7 Å². The normalized spacial score (nSPS) is 27.7. The Kier molecular flexibility index (Phi) is 5.14. The minimum absolute atomic E-state index is 0.0587. The van der Waals surface area contributed by atoms with Crippen LogP contribution in [0.1, 0.15) is 32.6 Å². The maximum absolute atomic E-state index is 12.2. The summed E-state index contributed by atoms with van der Waals surface area (Å²) >= 11 is 0. The molecule has 104 valence electrons. The first-order valence-corrected chi connectivity index (χ1v) is 6.60. The molecule has 0 saturated heterocycles. The lowest BCUT2D eigenvalue weighted by Crippen LogP contribution is -2.50. The van der Waals surface area contributed by atoms with Gasteiger partial charge in [-0.15, -0.1) is 0 Å². The minimum atomic E-state index is -0.459. The molecular weight excluding hydrogens is 230 g/mol. The molecule has 5 heteroatoms. The largest absolute Gasteiger partial charge is 0.347 e. The van der Waals surface area contributed by atoms with Crippen LogP contribution in [0.5, 0.6) is 0 Å². The second-order valence-electron chi connectivity index (χ2n) is 5.64. The molecule has 18 heavy (non-hydrogen) atoms. The monoisotopic (exact) mass is 255 g/mol. The van der Waals surface area contributed by atoms with E-state index in [1.165, 1.54) is 4.90 Å². The SMILES string of the molecule is CC1CCC(CN)(C(=O)NCC(=O)N(C)C)CC1. The molecule has 1 rings (SSSR count). The van der Waals surface area contributed by atoms with Gasteiger partial charge in [0.25, 0.3) is 0 Å². The number of nitrogens with one attached hydrogen (secondary N) is 1. The summed E-state index contributed by atoms with van der Waals surface area (Å²) in [6, 6.07) is 0. The fourth-order valence-electron chi connectivity index (χ4n) is 2.34. The number of nitrogens with two attached hydrogens (primary N) is 1. The van der Waals surface area contributed by atoms with Crippen LogP contribution in [0, 0.1) is 11.3 Å². The van der Waals surface area contributed by atoms with E-state index in [-0.39, 0.29) is 18.4 Å². The van der Waals surface area contributed by atoms with Crippen molar-refractivity contribution in [1.82, 2.24) is 10.2 Å². The Hall–Kier alpha value is -1.10. The molecule has 1 fully saturated rings. The molecule has 1 aliphatic carbocycles. The Morgan fingerprint density at radius 1 is 1.33 bits per heavy atom. The number of hydrogen-bond donors (Lipinski definition) is 2. The molecular formula is C13H25N3O2. The minimum Gasteiger partial charge on any atom is -0.347 e. The maximum Gasteiger partial charge on any atom is 0.241 e. The molecule has 0 heterocycles. The van der Waals surface area contributed by atoms with E-state index in [0.29, 0.717) is 12.5 Å². The summed E-state index contributed by atoms with van der Waals surface area (Å²) in [4.78, 5) is 25.1. The predicted molar refractivity (Wildman–Crippen MR) is 70.8 cm³/mol. The molecule has 2 amide bonds. The Bertz CT molecular complexity index is 307. The van der Waals surface area contributed by atoms with Gasteiger partial charge in [0.15, 0.2) is 0 Å². The molecule has 0 aliphatic heterocycles. The summed E-state index contributed by atoms with van der Waals surface area (Å²) in [5.41, 5.74) is 5.34. The van der Waals surface area contributed by atoms with E-state index < -0.39 is 5.41 Å². The lowest BCUT2D eigenvalue weighted by atomic mass is 9.70. The van der Waals surface area contributed by atoms with Crippen molar-refractivity contribution in [1.29, 1.82) is 0 Å². The van der Waals surface area contributed by atoms with Crippen molar-refractivity contribution < 1.29 is 9.59 Å². The fraction of sp³-hybridized carbons (Fsp3) is 0.846. The summed E-state index contributed by atoms with van der Waals surface area (Å²) in [7, 11) is 3.35. The van der Waals surface area contributed by atoms with Gasteiger partial charge in [-0.2, -0.15) is 0 Å². The highest BCUT2D eigenvalue weighted by molar-refractivity contribution is 5.88. The topological polar surface area (TPSA) is 75.4 Å². The lowest BCUT2D eigenvalue weighted by molar-refractivity contribution is -0.136. The van der Waals surface area contributed by atoms with E-state index in [1.807, 2.05) is 0 Å². The number of amides is 2. The van der Waals surface area contributed by atoms with E-state index in [1.54, 1.807) is 14.1 Å². The van der Waals surface area contributed by atoms with Crippen molar-refractivity contribution in [3.05, 3.63) is 0 Å². The molecule has 0 aromatic heterocycles. The van der Waals surface area contributed by atoms with Crippen LogP contribution in [0.15, 0.2) is 0 Å². The van der Waals surface area contributed by atoms with Gasteiger partial charge in [0.2, 0.25) is 11.8 Å². The van der Waals surface area contributed by atoms with Gasteiger partial charge in [-0.3, -0.25) is 9.59 Å². The average Bonchev–Trinajstić information content (AvgIpc) is 2.36. The van der Waals surface area contributed by atoms with Crippen molar-refractivity contribution in [3.63, 3.8) is 0 Å². The predicted octanol–water partition coefficient (Wildman–Crippen LogP) is 0.346. The second kappa shape index (κ2) is 6.18. The maximum atomic E-state index is 12.2. The van der Waals surface area contributed by atoms with E-state index >= 15 is 0 Å². The van der Waals surface area contributed by atoms with Gasteiger partial charge in [-0.25, -0.2) is 0 Å². The third-order valence-electron chi connectivity index (χ3n) is 4.00. The van der Waals surface area contributed by atoms with Gasteiger partial charge in [-0.05, 0) is 31.6 Å². The molecule has 0 aromatic carbocycles. The average molecular weight is 255 g/mol. The molecule has 0 bridgehead atoms. The first kappa shape index (κ1) is 15.0. The van der Waals surface area contributed by atoms with Crippen LogP contribution in [0.25, 0.3) is 0 Å². The summed E-state index contributed by atoms with van der Waals surface area (Å²) in [6.07, 6.45) is 3.72. The molecule has 0 radical (unpaired) electrons. The van der Waals surface area contributed by atoms with Crippen LogP contribution in [-0.4, -0.2) is 43.9 Å². The fourth-order valence-corrected chi connectivity index (χ4v) is 2.34. The van der Waals surface area contributed by atoms with Gasteiger partial charge in [0.05, 0.1) is 12.0 Å². The van der Waals surface area contributed by atoms with Crippen molar-refractivity contribution >= 4 is 11.8 Å². The van der Waals surface area contributed by atoms with E-state index in [2.05, 4.69) is 12.2 Å². The van der Waals surface area contributed by atoms with Crippen LogP contribution >= 0.6 is 0 Å². The first-order valence-electron chi connectivity index (χ1n) is 6.60. The van der Waals surface area contributed by atoms with Crippen molar-refractivity contribution in [2.24, 2.45) is 17.1 Å². The summed E-state index contributed by atoms with van der Waals surface area (Å²) in [6.45, 7) is 2.62. The van der Waals surface area contributed by atoms with Crippen LogP contribution in [0.3, 0.4) is 0 Å². The molecule has 0 aromatic rings. The molecule has 0 spiro atoms. The molecule has 1 aliphatic rings. The van der Waals surface area contributed by atoms with Crippen LogP contribution in [0.4, 0.5) is 0 Å². The van der Waals surface area contributed by atoms with Gasteiger partial charge < -0.3 is 16.0 Å². The smallest absolute Gasteiger partial charge is 0.241 e. The Balaban J connectivity index is 2.55. The number of nitrogens with zero attached hydrogens (tertiary/aromatic N) is 1. The third kappa shape index (κ3) is 3.45. The Morgan fingerprint density at radius 3 is 2.33 bits per heavy atom. The quantitative estimate of drug-likeness (QED) is 0.761. The van der Waals surface area contributed by atoms with E-state index in [4.69, 9.17) is 5.73 Å². The number of likely N-dealkylation sites (N-methyl/N-ethyl adjacent to an activating group) is 1. The van der Waals surface area contributed by atoms with Crippen LogP contribution in [-0.2, 0) is 9.59 Å². The zero-order chi connectivity index (χ0) is 13.8. The summed E-state index contributed by atoms with van der Waals surface area (Å²) in [5, 5.41) is 2.73. The van der Waals surface area contributed by atoms with Crippen molar-refractivity contribution in [2.75, 3.05) is 27.2 Å². The number of rotatable bonds is 4. The van der Waals surface area contributed by atoms with Gasteiger partial charge in [0, 0.05) is 20.6 Å². The van der Waals surface area contributed by atoms with Crippen molar-refractivity contribution in [2.45, 2.75) is 32.6 Å². The number of carbonyl (C=O) groups excluding carboxylic acids is 2. The first-order chi connectivity index (χ1) is 8.41. The highest BCUT2D eigenvalue weighted by atomic mass is 16.2. The number of carbonyl (C=O) groups is 2.